The second-order valence-electron chi connectivity index (χ2n) is 6.66. The highest BCUT2D eigenvalue weighted by atomic mass is 16.6. The van der Waals surface area contributed by atoms with Crippen molar-refractivity contribution in [2.24, 2.45) is 0 Å². The van der Waals surface area contributed by atoms with Gasteiger partial charge in [-0.1, -0.05) is 0 Å². The molecule has 0 aromatic carbocycles. The molecule has 5 heterocycles. The minimum atomic E-state index is 0.472. The third-order valence-corrected chi connectivity index (χ3v) is 5.28. The van der Waals surface area contributed by atoms with Crippen molar-refractivity contribution in [3.63, 3.8) is 0 Å². The molecule has 0 unspecified atom stereocenters. The summed E-state index contributed by atoms with van der Waals surface area (Å²) in [7, 11) is 0. The van der Waals surface area contributed by atoms with Gasteiger partial charge in [-0.25, -0.2) is 14.6 Å². The zero-order chi connectivity index (χ0) is 15.9. The fourth-order valence-corrected chi connectivity index (χ4v) is 4.00. The number of hydrogen-bond acceptors (Lipinski definition) is 9. The van der Waals surface area contributed by atoms with Crippen LogP contribution in [0.4, 0.5) is 11.6 Å². The van der Waals surface area contributed by atoms with Crippen molar-refractivity contribution >= 4 is 22.9 Å². The van der Waals surface area contributed by atoms with Gasteiger partial charge in [0.05, 0.1) is 13.2 Å². The van der Waals surface area contributed by atoms with Crippen molar-refractivity contribution in [3.05, 3.63) is 0 Å². The summed E-state index contributed by atoms with van der Waals surface area (Å²) < 4.78 is 10.3. The zero-order valence-electron chi connectivity index (χ0n) is 13.6. The smallest absolute Gasteiger partial charge is 0.245 e. The first-order valence-corrected chi connectivity index (χ1v) is 8.70. The predicted molar refractivity (Wildman–Crippen MR) is 87.2 cm³/mol. The van der Waals surface area contributed by atoms with Crippen molar-refractivity contribution in [2.75, 3.05) is 62.3 Å². The normalized spacial score (nSPS) is 25.4. The van der Waals surface area contributed by atoms with Crippen LogP contribution in [0.3, 0.4) is 0 Å². The molecule has 0 spiro atoms. The van der Waals surface area contributed by atoms with Crippen LogP contribution in [-0.4, -0.2) is 83.7 Å². The van der Waals surface area contributed by atoms with E-state index in [9.17, 15) is 0 Å². The molecule has 2 aromatic heterocycles. The van der Waals surface area contributed by atoms with Crippen molar-refractivity contribution in [3.8, 4) is 0 Å². The van der Waals surface area contributed by atoms with Crippen LogP contribution in [0.15, 0.2) is 4.63 Å². The Kier molecular flexibility index (Phi) is 3.48. The van der Waals surface area contributed by atoms with Gasteiger partial charge >= 0.3 is 0 Å². The van der Waals surface area contributed by atoms with Gasteiger partial charge in [-0.05, 0) is 29.7 Å². The lowest BCUT2D eigenvalue weighted by Gasteiger charge is -2.39. The van der Waals surface area contributed by atoms with E-state index in [1.54, 1.807) is 0 Å². The van der Waals surface area contributed by atoms with Crippen molar-refractivity contribution in [2.45, 2.75) is 18.9 Å². The third-order valence-electron chi connectivity index (χ3n) is 5.28. The van der Waals surface area contributed by atoms with Gasteiger partial charge in [0.1, 0.15) is 0 Å². The number of hydrogen-bond donors (Lipinski definition) is 0. The number of aromatic nitrogens is 4. The second kappa shape index (κ2) is 5.82. The second-order valence-corrected chi connectivity index (χ2v) is 6.66. The van der Waals surface area contributed by atoms with E-state index in [2.05, 4.69) is 25.0 Å². The van der Waals surface area contributed by atoms with Crippen LogP contribution < -0.4 is 9.80 Å². The molecule has 0 bridgehead atoms. The average Bonchev–Trinajstić information content (AvgIpc) is 3.29. The number of piperazine rings is 1. The summed E-state index contributed by atoms with van der Waals surface area (Å²) in [5, 5.41) is 7.76. The molecule has 3 saturated heterocycles. The van der Waals surface area contributed by atoms with Gasteiger partial charge in [0.2, 0.25) is 11.3 Å². The maximum Gasteiger partial charge on any atom is 0.245 e. The van der Waals surface area contributed by atoms with E-state index in [0.717, 1.165) is 44.4 Å². The summed E-state index contributed by atoms with van der Waals surface area (Å²) in [6, 6.07) is 0.629. The van der Waals surface area contributed by atoms with Gasteiger partial charge in [0, 0.05) is 38.8 Å². The number of ether oxygens (including phenoxy) is 1. The lowest BCUT2D eigenvalue weighted by Crippen LogP contribution is -2.51. The van der Waals surface area contributed by atoms with E-state index in [1.807, 2.05) is 0 Å². The quantitative estimate of drug-likeness (QED) is 0.762. The number of rotatable bonds is 2. The highest BCUT2D eigenvalue weighted by Crippen LogP contribution is 2.31. The highest BCUT2D eigenvalue weighted by Gasteiger charge is 2.33. The SMILES string of the molecule is C1C[C@H]2CN(c3nc4nonc4nc3N3CCOCC3)CCN2C1. The molecular weight excluding hydrogens is 310 g/mol. The van der Waals surface area contributed by atoms with Crippen molar-refractivity contribution in [1.82, 2.24) is 25.2 Å². The lowest BCUT2D eigenvalue weighted by molar-refractivity contribution is 0.122. The fourth-order valence-electron chi connectivity index (χ4n) is 4.00. The van der Waals surface area contributed by atoms with E-state index < -0.39 is 0 Å². The molecule has 0 amide bonds. The van der Waals surface area contributed by atoms with E-state index in [0.29, 0.717) is 30.5 Å². The maximum atomic E-state index is 5.48. The molecule has 1 atom stereocenters. The number of anilines is 2. The van der Waals surface area contributed by atoms with Crippen LogP contribution in [-0.2, 0) is 4.74 Å². The van der Waals surface area contributed by atoms with Gasteiger partial charge < -0.3 is 14.5 Å². The van der Waals surface area contributed by atoms with Crippen molar-refractivity contribution in [1.29, 1.82) is 0 Å². The Morgan fingerprint density at radius 3 is 2.38 bits per heavy atom. The standard InChI is InChI=1S/C15H21N7O2/c1-2-11-10-22(5-4-20(11)3-1)15-14(21-6-8-23-9-7-21)16-12-13(17-15)19-24-18-12/h11H,1-10H2/t11-/m0/s1. The Hall–Kier alpha value is -2.00. The Bertz CT molecular complexity index is 730. The minimum absolute atomic E-state index is 0.472. The minimum Gasteiger partial charge on any atom is -0.378 e. The molecule has 0 saturated carbocycles. The first-order chi connectivity index (χ1) is 11.9. The maximum absolute atomic E-state index is 5.48. The van der Waals surface area contributed by atoms with E-state index >= 15 is 0 Å². The zero-order valence-corrected chi connectivity index (χ0v) is 13.6. The van der Waals surface area contributed by atoms with Gasteiger partial charge in [-0.15, -0.1) is 0 Å². The molecule has 0 radical (unpaired) electrons. The third kappa shape index (κ3) is 2.39. The van der Waals surface area contributed by atoms with Gasteiger partial charge in [-0.2, -0.15) is 0 Å². The largest absolute Gasteiger partial charge is 0.378 e. The predicted octanol–water partition coefficient (Wildman–Crippen LogP) is 0.134. The van der Waals surface area contributed by atoms with Crippen LogP contribution in [0.1, 0.15) is 12.8 Å². The van der Waals surface area contributed by atoms with E-state index in [4.69, 9.17) is 19.3 Å². The van der Waals surface area contributed by atoms with Gasteiger partial charge in [0.25, 0.3) is 0 Å². The van der Waals surface area contributed by atoms with Gasteiger partial charge in [-0.3, -0.25) is 4.90 Å². The summed E-state index contributed by atoms with van der Waals surface area (Å²) in [6.07, 6.45) is 2.57. The van der Waals surface area contributed by atoms with Crippen LogP contribution in [0.5, 0.6) is 0 Å². The van der Waals surface area contributed by atoms with Crippen LogP contribution in [0.25, 0.3) is 11.3 Å². The number of nitrogens with zero attached hydrogens (tertiary/aromatic N) is 7. The van der Waals surface area contributed by atoms with Crippen molar-refractivity contribution < 1.29 is 9.37 Å². The molecule has 3 aliphatic heterocycles. The monoisotopic (exact) mass is 331 g/mol. The molecule has 24 heavy (non-hydrogen) atoms. The highest BCUT2D eigenvalue weighted by molar-refractivity contribution is 5.75. The summed E-state index contributed by atoms with van der Waals surface area (Å²) >= 11 is 0. The van der Waals surface area contributed by atoms with Crippen LogP contribution >= 0.6 is 0 Å². The van der Waals surface area contributed by atoms with Crippen LogP contribution in [0, 0.1) is 0 Å². The van der Waals surface area contributed by atoms with Crippen LogP contribution in [0.2, 0.25) is 0 Å². The first-order valence-electron chi connectivity index (χ1n) is 8.70. The number of fused-ring (bicyclic) bond motifs is 2. The fraction of sp³-hybridized carbons (Fsp3) is 0.733. The Balaban J connectivity index is 1.52. The molecule has 3 aliphatic rings. The summed E-state index contributed by atoms with van der Waals surface area (Å²) in [6.45, 7) is 7.36. The summed E-state index contributed by atoms with van der Waals surface area (Å²) in [5.74, 6) is 1.79. The first kappa shape index (κ1) is 14.4. The Labute approximate surface area is 139 Å². The average molecular weight is 331 g/mol. The molecule has 0 aliphatic carbocycles. The van der Waals surface area contributed by atoms with E-state index in [1.165, 1.54) is 19.4 Å². The lowest BCUT2D eigenvalue weighted by atomic mass is 10.1. The molecule has 128 valence electrons. The van der Waals surface area contributed by atoms with E-state index in [-0.39, 0.29) is 0 Å². The summed E-state index contributed by atoms with van der Waals surface area (Å²) in [4.78, 5) is 16.6. The topological polar surface area (TPSA) is 83.6 Å². The molecule has 5 rings (SSSR count). The molecule has 0 N–H and O–H groups in total. The molecule has 3 fully saturated rings. The molecule has 9 nitrogen and oxygen atoms in total. The number of morpholine rings is 1. The molecule has 2 aromatic rings. The van der Waals surface area contributed by atoms with Gasteiger partial charge in [0.15, 0.2) is 11.6 Å². The Morgan fingerprint density at radius 1 is 0.833 bits per heavy atom. The molecular formula is C15H21N7O2. The molecule has 9 heteroatoms. The Morgan fingerprint density at radius 2 is 1.58 bits per heavy atom. The summed E-state index contributed by atoms with van der Waals surface area (Å²) in [5.41, 5.74) is 0.954.